The van der Waals surface area contributed by atoms with E-state index in [2.05, 4.69) is 31.1 Å². The van der Waals surface area contributed by atoms with E-state index in [0.29, 0.717) is 5.01 Å². The zero-order valence-electron chi connectivity index (χ0n) is 11.9. The average Bonchev–Trinajstić information content (AvgIpc) is 2.86. The summed E-state index contributed by atoms with van der Waals surface area (Å²) in [6.45, 7) is 6.22. The second-order valence-electron chi connectivity index (χ2n) is 6.25. The Bertz CT molecular complexity index is 620. The number of hydrogen-bond acceptors (Lipinski definition) is 5. The molecule has 0 saturated heterocycles. The summed E-state index contributed by atoms with van der Waals surface area (Å²) in [5, 5.41) is 11.5. The molecule has 0 bridgehead atoms. The van der Waals surface area contributed by atoms with Gasteiger partial charge in [0.15, 0.2) is 6.19 Å². The van der Waals surface area contributed by atoms with Gasteiger partial charge in [0.2, 0.25) is 5.91 Å². The van der Waals surface area contributed by atoms with Crippen molar-refractivity contribution in [3.63, 3.8) is 0 Å². The summed E-state index contributed by atoms with van der Waals surface area (Å²) >= 11 is 14.0. The first kappa shape index (κ1) is 16.3. The molecule has 8 heteroatoms. The highest BCUT2D eigenvalue weighted by Gasteiger charge is 2.68. The molecule has 0 aromatic carbocycles. The van der Waals surface area contributed by atoms with Crippen LogP contribution in [0.2, 0.25) is 0 Å². The Morgan fingerprint density at radius 1 is 1.67 bits per heavy atom. The van der Waals surface area contributed by atoms with Gasteiger partial charge in [-0.25, -0.2) is 4.98 Å². The SMILES string of the molecule is CC(C)(C)c1cnc(C2(NC#N)CC(Cl)(C(N)=O)C2Cl)s1. The van der Waals surface area contributed by atoms with Gasteiger partial charge in [-0.1, -0.05) is 20.8 Å². The third kappa shape index (κ3) is 2.37. The number of primary amides is 1. The molecule has 21 heavy (non-hydrogen) atoms. The van der Waals surface area contributed by atoms with Crippen molar-refractivity contribution in [2.45, 2.75) is 48.4 Å². The first-order valence-corrected chi connectivity index (χ1v) is 7.97. The number of halogens is 2. The smallest absolute Gasteiger partial charge is 0.240 e. The fourth-order valence-corrected chi connectivity index (χ4v) is 4.36. The lowest BCUT2D eigenvalue weighted by Gasteiger charge is -2.53. The van der Waals surface area contributed by atoms with Crippen LogP contribution in [-0.2, 0) is 15.7 Å². The second kappa shape index (κ2) is 5.01. The molecule has 5 nitrogen and oxygen atoms in total. The van der Waals surface area contributed by atoms with Gasteiger partial charge in [0.25, 0.3) is 0 Å². The van der Waals surface area contributed by atoms with E-state index in [9.17, 15) is 4.79 Å². The van der Waals surface area contributed by atoms with Gasteiger partial charge >= 0.3 is 0 Å². The molecular formula is C13H16Cl2N4OS. The zero-order valence-corrected chi connectivity index (χ0v) is 14.2. The Morgan fingerprint density at radius 2 is 2.29 bits per heavy atom. The molecule has 1 aromatic heterocycles. The number of aromatic nitrogens is 1. The number of thiazole rings is 1. The number of carbonyl (C=O) groups is 1. The van der Waals surface area contributed by atoms with Gasteiger partial charge < -0.3 is 11.1 Å². The first-order chi connectivity index (χ1) is 9.58. The second-order valence-corrected chi connectivity index (χ2v) is 8.40. The third-order valence-corrected chi connectivity index (χ3v) is 6.68. The predicted octanol–water partition coefficient (Wildman–Crippen LogP) is 2.18. The van der Waals surface area contributed by atoms with Gasteiger partial charge in [-0.3, -0.25) is 4.79 Å². The number of amides is 1. The third-order valence-electron chi connectivity index (χ3n) is 3.69. The fraction of sp³-hybridized carbons (Fsp3) is 0.615. The maximum atomic E-state index is 11.5. The number of carbonyl (C=O) groups excluding carboxylic acids is 1. The molecule has 2 rings (SSSR count). The maximum Gasteiger partial charge on any atom is 0.240 e. The molecule has 0 spiro atoms. The molecule has 0 aliphatic heterocycles. The Morgan fingerprint density at radius 3 is 2.67 bits per heavy atom. The molecule has 0 radical (unpaired) electrons. The topological polar surface area (TPSA) is 91.8 Å². The summed E-state index contributed by atoms with van der Waals surface area (Å²) in [6, 6.07) is 0. The Kier molecular flexibility index (Phi) is 3.90. The molecule has 1 heterocycles. The van der Waals surface area contributed by atoms with Crippen molar-refractivity contribution in [2.75, 3.05) is 0 Å². The highest BCUT2D eigenvalue weighted by atomic mass is 35.5. The molecule has 3 unspecified atom stereocenters. The minimum Gasteiger partial charge on any atom is -0.368 e. The van der Waals surface area contributed by atoms with Gasteiger partial charge in [0.05, 0.1) is 5.38 Å². The highest BCUT2D eigenvalue weighted by Crippen LogP contribution is 2.56. The van der Waals surface area contributed by atoms with Crippen LogP contribution in [0.1, 0.15) is 37.1 Å². The quantitative estimate of drug-likeness (QED) is 0.498. The van der Waals surface area contributed by atoms with E-state index in [-0.39, 0.29) is 11.8 Å². The van der Waals surface area contributed by atoms with Gasteiger partial charge in [-0.2, -0.15) is 5.26 Å². The number of rotatable bonds is 3. The van der Waals surface area contributed by atoms with E-state index in [4.69, 9.17) is 34.2 Å². The largest absolute Gasteiger partial charge is 0.368 e. The standard InChI is InChI=1S/C13H16Cl2N4OS/c1-11(2,3)7-4-18-10(21-7)13(19-6-16)5-12(15,8(13)14)9(17)20/h4,8,19H,5H2,1-3H3,(H2,17,20). The molecule has 1 fully saturated rings. The highest BCUT2D eigenvalue weighted by molar-refractivity contribution is 7.12. The van der Waals surface area contributed by atoms with E-state index < -0.39 is 21.7 Å². The molecule has 1 aliphatic rings. The molecule has 3 N–H and O–H groups in total. The van der Waals surface area contributed by atoms with Crippen LogP contribution in [0.25, 0.3) is 0 Å². The van der Waals surface area contributed by atoms with E-state index in [1.165, 1.54) is 11.3 Å². The lowest BCUT2D eigenvalue weighted by molar-refractivity contribution is -0.124. The van der Waals surface area contributed by atoms with E-state index in [1.807, 2.05) is 6.19 Å². The monoisotopic (exact) mass is 346 g/mol. The van der Waals surface area contributed by atoms with Crippen LogP contribution in [0, 0.1) is 11.5 Å². The van der Waals surface area contributed by atoms with Crippen LogP contribution in [0.4, 0.5) is 0 Å². The minimum absolute atomic E-state index is 0.0585. The molecule has 1 saturated carbocycles. The Hall–Kier alpha value is -1.03. The number of alkyl halides is 2. The van der Waals surface area contributed by atoms with E-state index in [0.717, 1.165) is 4.88 Å². The maximum absolute atomic E-state index is 11.5. The summed E-state index contributed by atoms with van der Waals surface area (Å²) in [4.78, 5) is 15.6. The number of nitrogens with two attached hydrogens (primary N) is 1. The van der Waals surface area contributed by atoms with Crippen molar-refractivity contribution in [1.82, 2.24) is 10.3 Å². The lowest BCUT2D eigenvalue weighted by Crippen LogP contribution is -2.72. The van der Waals surface area contributed by atoms with E-state index >= 15 is 0 Å². The normalized spacial score (nSPS) is 32.1. The average molecular weight is 347 g/mol. The summed E-state index contributed by atoms with van der Waals surface area (Å²) in [5.41, 5.74) is 4.31. The number of nitrogens with one attached hydrogen (secondary N) is 1. The van der Waals surface area contributed by atoms with Crippen molar-refractivity contribution >= 4 is 40.4 Å². The first-order valence-electron chi connectivity index (χ1n) is 6.34. The van der Waals surface area contributed by atoms with Crippen LogP contribution < -0.4 is 11.1 Å². The Balaban J connectivity index is 2.41. The van der Waals surface area contributed by atoms with Crippen molar-refractivity contribution in [1.29, 1.82) is 5.26 Å². The van der Waals surface area contributed by atoms with Crippen molar-refractivity contribution in [3.05, 3.63) is 16.1 Å². The van der Waals surface area contributed by atoms with Crippen molar-refractivity contribution in [3.8, 4) is 6.19 Å². The van der Waals surface area contributed by atoms with Crippen LogP contribution in [0.3, 0.4) is 0 Å². The zero-order chi connectivity index (χ0) is 16.1. The van der Waals surface area contributed by atoms with Gasteiger partial charge in [-0.15, -0.1) is 34.5 Å². The van der Waals surface area contributed by atoms with Crippen LogP contribution >= 0.6 is 34.5 Å². The van der Waals surface area contributed by atoms with E-state index in [1.54, 1.807) is 6.20 Å². The molecule has 1 aliphatic carbocycles. The van der Waals surface area contributed by atoms with Gasteiger partial charge in [0.1, 0.15) is 15.4 Å². The van der Waals surface area contributed by atoms with Gasteiger partial charge in [-0.05, 0) is 5.41 Å². The van der Waals surface area contributed by atoms with Crippen molar-refractivity contribution < 1.29 is 4.79 Å². The van der Waals surface area contributed by atoms with Crippen LogP contribution in [0.5, 0.6) is 0 Å². The summed E-state index contributed by atoms with van der Waals surface area (Å²) < 4.78 is 0. The molecular weight excluding hydrogens is 331 g/mol. The molecule has 1 amide bonds. The summed E-state index contributed by atoms with van der Waals surface area (Å²) in [7, 11) is 0. The lowest BCUT2D eigenvalue weighted by atomic mass is 9.66. The fourth-order valence-electron chi connectivity index (χ4n) is 2.33. The summed E-state index contributed by atoms with van der Waals surface area (Å²) in [6.07, 6.45) is 3.79. The van der Waals surface area contributed by atoms with Gasteiger partial charge in [0, 0.05) is 17.5 Å². The molecule has 3 atom stereocenters. The predicted molar refractivity (Wildman–Crippen MR) is 83.3 cm³/mol. The summed E-state index contributed by atoms with van der Waals surface area (Å²) in [5.74, 6) is -0.688. The Labute approximate surface area is 137 Å². The van der Waals surface area contributed by atoms with Crippen LogP contribution in [0.15, 0.2) is 6.20 Å². The number of hydrogen-bond donors (Lipinski definition) is 2. The van der Waals surface area contributed by atoms with Crippen LogP contribution in [-0.4, -0.2) is 21.1 Å². The number of nitriles is 1. The molecule has 114 valence electrons. The number of nitrogens with zero attached hydrogens (tertiary/aromatic N) is 2. The van der Waals surface area contributed by atoms with Crippen molar-refractivity contribution in [2.24, 2.45) is 5.73 Å². The minimum atomic E-state index is -1.36. The molecule has 1 aromatic rings.